The Bertz CT molecular complexity index is 1100. The van der Waals surface area contributed by atoms with E-state index < -0.39 is 0 Å². The van der Waals surface area contributed by atoms with Crippen LogP contribution < -0.4 is 10.3 Å². The maximum atomic E-state index is 13.2. The third kappa shape index (κ3) is 2.96. The molecule has 0 N–H and O–H groups in total. The van der Waals surface area contributed by atoms with Gasteiger partial charge in [-0.2, -0.15) is 0 Å². The molecule has 0 fully saturated rings. The van der Waals surface area contributed by atoms with E-state index in [2.05, 4.69) is 11.9 Å². The predicted octanol–water partition coefficient (Wildman–Crippen LogP) is 4.15. The first-order valence-corrected chi connectivity index (χ1v) is 10.3. The number of halogens is 1. The van der Waals surface area contributed by atoms with Crippen molar-refractivity contribution in [1.82, 2.24) is 9.55 Å². The van der Waals surface area contributed by atoms with E-state index in [-0.39, 0.29) is 12.4 Å². The number of hydrogen-bond donors (Lipinski definition) is 0. The molecular weight excluding hydrogens is 384 g/mol. The Labute approximate surface area is 165 Å². The van der Waals surface area contributed by atoms with Crippen LogP contribution in [0.5, 0.6) is 5.75 Å². The van der Waals surface area contributed by atoms with E-state index >= 15 is 0 Å². The van der Waals surface area contributed by atoms with Crippen molar-refractivity contribution < 1.29 is 9.47 Å². The minimum absolute atomic E-state index is 0.0211. The van der Waals surface area contributed by atoms with E-state index in [9.17, 15) is 4.79 Å². The molecule has 5 rings (SSSR count). The number of ether oxygens (including phenoxy) is 2. The molecule has 140 valence electrons. The quantitative estimate of drug-likeness (QED) is 0.646. The lowest BCUT2D eigenvalue weighted by molar-refractivity contribution is -0.0170. The molecule has 0 bridgehead atoms. The summed E-state index contributed by atoms with van der Waals surface area (Å²) < 4.78 is 12.7. The zero-order valence-electron chi connectivity index (χ0n) is 15.0. The van der Waals surface area contributed by atoms with Crippen LogP contribution in [0.2, 0.25) is 5.02 Å². The summed E-state index contributed by atoms with van der Waals surface area (Å²) in [6.07, 6.45) is 4.78. The molecule has 1 atom stereocenters. The highest BCUT2D eigenvalue weighted by Crippen LogP contribution is 2.36. The van der Waals surface area contributed by atoms with Gasteiger partial charge in [0.25, 0.3) is 5.56 Å². The Morgan fingerprint density at radius 3 is 3.19 bits per heavy atom. The van der Waals surface area contributed by atoms with Gasteiger partial charge >= 0.3 is 0 Å². The SMILES string of the molecule is C[C@@H]1CCc2c(sc3ncn(Cc4cc(Cl)cc5c4OCOC5)c(=O)c23)C1. The topological polar surface area (TPSA) is 53.4 Å². The van der Waals surface area contributed by atoms with Crippen molar-refractivity contribution in [2.24, 2.45) is 5.92 Å². The Morgan fingerprint density at radius 1 is 1.41 bits per heavy atom. The molecule has 2 aliphatic rings. The number of aryl methyl sites for hydroxylation is 1. The molecule has 27 heavy (non-hydrogen) atoms. The molecule has 3 heterocycles. The molecule has 0 unspecified atom stereocenters. The van der Waals surface area contributed by atoms with Gasteiger partial charge in [0, 0.05) is 21.0 Å². The van der Waals surface area contributed by atoms with E-state index in [0.29, 0.717) is 24.1 Å². The lowest BCUT2D eigenvalue weighted by atomic mass is 9.89. The van der Waals surface area contributed by atoms with Gasteiger partial charge in [0.1, 0.15) is 10.6 Å². The molecule has 1 aliphatic heterocycles. The summed E-state index contributed by atoms with van der Waals surface area (Å²) in [6.45, 7) is 3.33. The Balaban J connectivity index is 1.60. The van der Waals surface area contributed by atoms with Gasteiger partial charge in [-0.1, -0.05) is 18.5 Å². The Kier molecular flexibility index (Phi) is 4.22. The molecule has 1 aromatic carbocycles. The average Bonchev–Trinajstić information content (AvgIpc) is 3.02. The maximum absolute atomic E-state index is 13.2. The van der Waals surface area contributed by atoms with Gasteiger partial charge in [-0.3, -0.25) is 9.36 Å². The molecule has 0 saturated heterocycles. The Morgan fingerprint density at radius 2 is 2.30 bits per heavy atom. The fourth-order valence-corrected chi connectivity index (χ4v) is 5.64. The molecule has 0 radical (unpaired) electrons. The smallest absolute Gasteiger partial charge is 0.262 e. The third-order valence-electron chi connectivity index (χ3n) is 5.37. The van der Waals surface area contributed by atoms with Gasteiger partial charge in [-0.15, -0.1) is 11.3 Å². The van der Waals surface area contributed by atoms with Crippen LogP contribution in [-0.4, -0.2) is 16.3 Å². The normalized spacial score (nSPS) is 18.8. The fourth-order valence-electron chi connectivity index (χ4n) is 4.04. The second kappa shape index (κ2) is 6.62. The van der Waals surface area contributed by atoms with Crippen molar-refractivity contribution in [3.8, 4) is 5.75 Å². The van der Waals surface area contributed by atoms with Gasteiger partial charge in [-0.05, 0) is 42.9 Å². The maximum Gasteiger partial charge on any atom is 0.262 e. The van der Waals surface area contributed by atoms with Crippen LogP contribution in [-0.2, 0) is 30.7 Å². The minimum Gasteiger partial charge on any atom is -0.467 e. The Hall–Kier alpha value is -1.89. The van der Waals surface area contributed by atoms with E-state index in [1.165, 1.54) is 10.4 Å². The van der Waals surface area contributed by atoms with Crippen molar-refractivity contribution in [3.05, 3.63) is 55.4 Å². The molecule has 0 amide bonds. The summed E-state index contributed by atoms with van der Waals surface area (Å²) in [5.41, 5.74) is 3.01. The van der Waals surface area contributed by atoms with Crippen LogP contribution in [0.3, 0.4) is 0 Å². The second-order valence-corrected chi connectivity index (χ2v) is 8.89. The molecule has 0 saturated carbocycles. The van der Waals surface area contributed by atoms with Crippen molar-refractivity contribution in [3.63, 3.8) is 0 Å². The van der Waals surface area contributed by atoms with Crippen molar-refractivity contribution in [2.75, 3.05) is 6.79 Å². The second-order valence-electron chi connectivity index (χ2n) is 7.37. The molecular formula is C20H19ClN2O3S. The summed E-state index contributed by atoms with van der Waals surface area (Å²) in [4.78, 5) is 20.0. The summed E-state index contributed by atoms with van der Waals surface area (Å²) in [5, 5.41) is 1.41. The predicted molar refractivity (Wildman–Crippen MR) is 106 cm³/mol. The zero-order chi connectivity index (χ0) is 18.5. The van der Waals surface area contributed by atoms with Gasteiger partial charge in [-0.25, -0.2) is 4.98 Å². The summed E-state index contributed by atoms with van der Waals surface area (Å²) in [6, 6.07) is 3.70. The van der Waals surface area contributed by atoms with Crippen molar-refractivity contribution >= 4 is 33.2 Å². The largest absolute Gasteiger partial charge is 0.467 e. The van der Waals surface area contributed by atoms with E-state index in [0.717, 1.165) is 46.4 Å². The van der Waals surface area contributed by atoms with Crippen LogP contribution in [0.4, 0.5) is 0 Å². The first kappa shape index (κ1) is 17.2. The first-order chi connectivity index (χ1) is 13.1. The summed E-state index contributed by atoms with van der Waals surface area (Å²) in [5.74, 6) is 1.43. The number of aromatic nitrogens is 2. The van der Waals surface area contributed by atoms with Crippen LogP contribution >= 0.6 is 22.9 Å². The average molecular weight is 403 g/mol. The van der Waals surface area contributed by atoms with Gasteiger partial charge < -0.3 is 9.47 Å². The number of benzene rings is 1. The number of thiophene rings is 1. The highest BCUT2D eigenvalue weighted by atomic mass is 35.5. The molecule has 7 heteroatoms. The zero-order valence-corrected chi connectivity index (χ0v) is 16.5. The molecule has 1 aliphatic carbocycles. The monoisotopic (exact) mass is 402 g/mol. The van der Waals surface area contributed by atoms with Crippen LogP contribution in [0.1, 0.15) is 34.9 Å². The lowest BCUT2D eigenvalue weighted by Gasteiger charge is -2.21. The lowest BCUT2D eigenvalue weighted by Crippen LogP contribution is -2.23. The highest BCUT2D eigenvalue weighted by molar-refractivity contribution is 7.18. The summed E-state index contributed by atoms with van der Waals surface area (Å²) in [7, 11) is 0. The van der Waals surface area contributed by atoms with E-state index in [1.54, 1.807) is 22.2 Å². The standard InChI is InChI=1S/C20H19ClN2O3S/c1-11-2-3-15-16(4-11)27-19-17(15)20(24)23(9-22-19)7-12-5-14(21)6-13-8-25-10-26-18(12)13/h5-6,9,11H,2-4,7-8,10H2,1H3/t11-/m1/s1. The van der Waals surface area contributed by atoms with Gasteiger partial charge in [0.2, 0.25) is 0 Å². The van der Waals surface area contributed by atoms with Crippen molar-refractivity contribution in [2.45, 2.75) is 39.3 Å². The molecule has 5 nitrogen and oxygen atoms in total. The third-order valence-corrected chi connectivity index (χ3v) is 6.76. The fraction of sp³-hybridized carbons (Fsp3) is 0.400. The first-order valence-electron chi connectivity index (χ1n) is 9.11. The minimum atomic E-state index is 0.0211. The van der Waals surface area contributed by atoms with Crippen LogP contribution in [0, 0.1) is 5.92 Å². The number of nitrogens with zero attached hydrogens (tertiary/aromatic N) is 2. The van der Waals surface area contributed by atoms with Crippen LogP contribution in [0.25, 0.3) is 10.2 Å². The van der Waals surface area contributed by atoms with Crippen LogP contribution in [0.15, 0.2) is 23.3 Å². The number of fused-ring (bicyclic) bond motifs is 4. The van der Waals surface area contributed by atoms with E-state index in [1.807, 2.05) is 12.1 Å². The highest BCUT2D eigenvalue weighted by Gasteiger charge is 2.24. The summed E-state index contributed by atoms with van der Waals surface area (Å²) >= 11 is 7.93. The molecule has 0 spiro atoms. The van der Waals surface area contributed by atoms with Gasteiger partial charge in [0.05, 0.1) is 24.9 Å². The molecule has 3 aromatic rings. The van der Waals surface area contributed by atoms with Crippen molar-refractivity contribution in [1.29, 1.82) is 0 Å². The molecule has 2 aromatic heterocycles. The number of hydrogen-bond acceptors (Lipinski definition) is 5. The van der Waals surface area contributed by atoms with Gasteiger partial charge in [0.15, 0.2) is 6.79 Å². The number of rotatable bonds is 2. The van der Waals surface area contributed by atoms with E-state index in [4.69, 9.17) is 21.1 Å².